The summed E-state index contributed by atoms with van der Waals surface area (Å²) >= 11 is 0. The van der Waals surface area contributed by atoms with Crippen molar-refractivity contribution in [1.82, 2.24) is 10.2 Å². The molecule has 1 aromatic carbocycles. The lowest BCUT2D eigenvalue weighted by atomic mass is 9.81. The highest BCUT2D eigenvalue weighted by Crippen LogP contribution is 2.34. The highest BCUT2D eigenvalue weighted by Gasteiger charge is 2.37. The Morgan fingerprint density at radius 2 is 1.95 bits per heavy atom. The Morgan fingerprint density at radius 1 is 1.24 bits per heavy atom. The smallest absolute Gasteiger partial charge is 0.123 e. The van der Waals surface area contributed by atoms with Crippen LogP contribution in [0.4, 0.5) is 4.39 Å². The summed E-state index contributed by atoms with van der Waals surface area (Å²) in [7, 11) is 2.10. The van der Waals surface area contributed by atoms with Gasteiger partial charge in [0.05, 0.1) is 0 Å². The Bertz CT molecular complexity index is 474. The van der Waals surface area contributed by atoms with Crippen LogP contribution in [-0.2, 0) is 6.42 Å². The molecule has 21 heavy (non-hydrogen) atoms. The number of hydrogen-bond donors (Lipinski definition) is 1. The third-order valence-electron chi connectivity index (χ3n) is 5.48. The molecule has 2 heterocycles. The van der Waals surface area contributed by atoms with Crippen molar-refractivity contribution in [3.63, 3.8) is 0 Å². The van der Waals surface area contributed by atoms with Crippen LogP contribution in [0, 0.1) is 12.7 Å². The molecule has 0 saturated carbocycles. The van der Waals surface area contributed by atoms with Crippen LogP contribution in [0.1, 0.15) is 43.2 Å². The quantitative estimate of drug-likeness (QED) is 0.915. The standard InChI is InChI=1S/C18H27FN2/c1-13-10-15(19)7-6-14(13)8-9-21-17-4-3-5-18(21)12-16(11-17)20-2/h6-7,10,16-18,20H,3-5,8-9,11-12H2,1-2H3. The normalized spacial score (nSPS) is 29.6. The van der Waals surface area contributed by atoms with Gasteiger partial charge in [0, 0.05) is 24.7 Å². The molecule has 3 rings (SSSR count). The van der Waals surface area contributed by atoms with Crippen molar-refractivity contribution in [3.8, 4) is 0 Å². The lowest BCUT2D eigenvalue weighted by molar-refractivity contribution is 0.0270. The van der Waals surface area contributed by atoms with Gasteiger partial charge >= 0.3 is 0 Å². The number of piperidine rings is 2. The van der Waals surface area contributed by atoms with Gasteiger partial charge in [0.2, 0.25) is 0 Å². The molecule has 2 saturated heterocycles. The molecule has 2 aliphatic heterocycles. The van der Waals surface area contributed by atoms with Gasteiger partial charge in [-0.15, -0.1) is 0 Å². The zero-order valence-electron chi connectivity index (χ0n) is 13.2. The molecule has 3 heteroatoms. The van der Waals surface area contributed by atoms with Crippen molar-refractivity contribution in [2.45, 2.75) is 63.6 Å². The van der Waals surface area contributed by atoms with Crippen LogP contribution in [0.2, 0.25) is 0 Å². The predicted octanol–water partition coefficient (Wildman–Crippen LogP) is 3.28. The molecule has 0 amide bonds. The molecule has 2 nitrogen and oxygen atoms in total. The lowest BCUT2D eigenvalue weighted by Gasteiger charge is -2.49. The molecule has 2 fully saturated rings. The number of nitrogens with zero attached hydrogens (tertiary/aromatic N) is 1. The topological polar surface area (TPSA) is 15.3 Å². The Hall–Kier alpha value is -0.930. The summed E-state index contributed by atoms with van der Waals surface area (Å²) in [5, 5.41) is 3.47. The van der Waals surface area contributed by atoms with E-state index in [0.29, 0.717) is 6.04 Å². The molecule has 2 unspecified atom stereocenters. The maximum atomic E-state index is 13.2. The van der Waals surface area contributed by atoms with E-state index < -0.39 is 0 Å². The summed E-state index contributed by atoms with van der Waals surface area (Å²) in [5.41, 5.74) is 2.38. The van der Waals surface area contributed by atoms with Crippen molar-refractivity contribution >= 4 is 0 Å². The maximum absolute atomic E-state index is 13.2. The van der Waals surface area contributed by atoms with Gasteiger partial charge in [-0.05, 0) is 69.3 Å². The molecule has 0 radical (unpaired) electrons. The summed E-state index contributed by atoms with van der Waals surface area (Å²) in [6.45, 7) is 3.14. The third kappa shape index (κ3) is 3.29. The fraction of sp³-hybridized carbons (Fsp3) is 0.667. The summed E-state index contributed by atoms with van der Waals surface area (Å²) < 4.78 is 13.2. The number of hydrogen-bond acceptors (Lipinski definition) is 2. The van der Waals surface area contributed by atoms with Crippen LogP contribution in [0.25, 0.3) is 0 Å². The van der Waals surface area contributed by atoms with Crippen molar-refractivity contribution in [3.05, 3.63) is 35.1 Å². The minimum absolute atomic E-state index is 0.122. The van der Waals surface area contributed by atoms with Crippen LogP contribution in [0.15, 0.2) is 18.2 Å². The van der Waals surface area contributed by atoms with E-state index in [1.165, 1.54) is 37.7 Å². The Balaban J connectivity index is 1.64. The molecule has 2 aliphatic rings. The Labute approximate surface area is 127 Å². The molecule has 2 atom stereocenters. The Morgan fingerprint density at radius 3 is 2.57 bits per heavy atom. The second kappa shape index (κ2) is 6.45. The highest BCUT2D eigenvalue weighted by molar-refractivity contribution is 5.26. The first-order chi connectivity index (χ1) is 10.2. The van der Waals surface area contributed by atoms with E-state index >= 15 is 0 Å². The molecule has 1 aromatic rings. The SMILES string of the molecule is CNC1CC2CCCC(C1)N2CCc1ccc(F)cc1C. The van der Waals surface area contributed by atoms with Crippen LogP contribution in [0.5, 0.6) is 0 Å². The number of aryl methyl sites for hydroxylation is 1. The van der Waals surface area contributed by atoms with E-state index in [4.69, 9.17) is 0 Å². The van der Waals surface area contributed by atoms with Gasteiger partial charge in [0.1, 0.15) is 5.82 Å². The van der Waals surface area contributed by atoms with Crippen LogP contribution >= 0.6 is 0 Å². The van der Waals surface area contributed by atoms with Crippen LogP contribution in [0.3, 0.4) is 0 Å². The Kier molecular flexibility index (Phi) is 4.60. The first-order valence-electron chi connectivity index (χ1n) is 8.35. The predicted molar refractivity (Wildman–Crippen MR) is 85.1 cm³/mol. The van der Waals surface area contributed by atoms with E-state index in [1.807, 2.05) is 13.0 Å². The van der Waals surface area contributed by atoms with Crippen molar-refractivity contribution in [1.29, 1.82) is 0 Å². The van der Waals surface area contributed by atoms with E-state index in [0.717, 1.165) is 30.6 Å². The second-order valence-electron chi connectivity index (χ2n) is 6.75. The first kappa shape index (κ1) is 15.0. The monoisotopic (exact) mass is 290 g/mol. The summed E-state index contributed by atoms with van der Waals surface area (Å²) in [6.07, 6.45) is 7.69. The maximum Gasteiger partial charge on any atom is 0.123 e. The number of fused-ring (bicyclic) bond motifs is 2. The molecular weight excluding hydrogens is 263 g/mol. The second-order valence-corrected chi connectivity index (χ2v) is 6.75. The average Bonchev–Trinajstić information content (AvgIpc) is 2.45. The van der Waals surface area contributed by atoms with Gasteiger partial charge in [0.15, 0.2) is 0 Å². The summed E-state index contributed by atoms with van der Waals surface area (Å²) in [4.78, 5) is 2.74. The fourth-order valence-electron chi connectivity index (χ4n) is 4.27. The van der Waals surface area contributed by atoms with Gasteiger partial charge in [-0.2, -0.15) is 0 Å². The molecule has 2 bridgehead atoms. The van der Waals surface area contributed by atoms with Crippen LogP contribution in [-0.4, -0.2) is 36.6 Å². The van der Waals surface area contributed by atoms with Gasteiger partial charge < -0.3 is 5.32 Å². The summed E-state index contributed by atoms with van der Waals surface area (Å²) in [6, 6.07) is 7.40. The molecule has 1 N–H and O–H groups in total. The number of rotatable bonds is 4. The molecule has 0 spiro atoms. The zero-order valence-corrected chi connectivity index (χ0v) is 13.2. The van der Waals surface area contributed by atoms with Crippen molar-refractivity contribution in [2.75, 3.05) is 13.6 Å². The van der Waals surface area contributed by atoms with E-state index in [-0.39, 0.29) is 5.82 Å². The van der Waals surface area contributed by atoms with Gasteiger partial charge in [-0.3, -0.25) is 4.90 Å². The molecular formula is C18H27FN2. The van der Waals surface area contributed by atoms with E-state index in [2.05, 4.69) is 17.3 Å². The fourth-order valence-corrected chi connectivity index (χ4v) is 4.27. The van der Waals surface area contributed by atoms with Gasteiger partial charge in [0.25, 0.3) is 0 Å². The molecule has 0 aromatic heterocycles. The molecule has 116 valence electrons. The number of halogens is 1. The zero-order chi connectivity index (χ0) is 14.8. The molecule has 0 aliphatic carbocycles. The average molecular weight is 290 g/mol. The summed E-state index contributed by atoms with van der Waals surface area (Å²) in [5.74, 6) is -0.122. The lowest BCUT2D eigenvalue weighted by Crippen LogP contribution is -2.56. The largest absolute Gasteiger partial charge is 0.317 e. The van der Waals surface area contributed by atoms with E-state index in [1.54, 1.807) is 12.1 Å². The number of nitrogens with one attached hydrogen (secondary N) is 1. The third-order valence-corrected chi connectivity index (χ3v) is 5.48. The highest BCUT2D eigenvalue weighted by atomic mass is 19.1. The van der Waals surface area contributed by atoms with Gasteiger partial charge in [-0.25, -0.2) is 4.39 Å². The minimum atomic E-state index is -0.122. The number of benzene rings is 1. The van der Waals surface area contributed by atoms with Crippen molar-refractivity contribution in [2.24, 2.45) is 0 Å². The van der Waals surface area contributed by atoms with Crippen LogP contribution < -0.4 is 5.32 Å². The first-order valence-corrected chi connectivity index (χ1v) is 8.35. The van der Waals surface area contributed by atoms with E-state index in [9.17, 15) is 4.39 Å². The van der Waals surface area contributed by atoms with Crippen molar-refractivity contribution < 1.29 is 4.39 Å². The minimum Gasteiger partial charge on any atom is -0.317 e. The van der Waals surface area contributed by atoms with Gasteiger partial charge in [-0.1, -0.05) is 12.5 Å².